The summed E-state index contributed by atoms with van der Waals surface area (Å²) < 4.78 is 0. The second-order valence-electron chi connectivity index (χ2n) is 7.83. The molecule has 0 saturated carbocycles. The first kappa shape index (κ1) is 18.7. The van der Waals surface area contributed by atoms with Crippen molar-refractivity contribution in [1.29, 1.82) is 0 Å². The minimum atomic E-state index is -0.237. The number of benzene rings is 1. The van der Waals surface area contributed by atoms with Crippen molar-refractivity contribution in [3.05, 3.63) is 23.9 Å². The van der Waals surface area contributed by atoms with Crippen LogP contribution in [0.25, 0.3) is 10.9 Å². The number of rotatable bonds is 5. The zero-order valence-electron chi connectivity index (χ0n) is 16.5. The van der Waals surface area contributed by atoms with Gasteiger partial charge in [-0.05, 0) is 56.5 Å². The van der Waals surface area contributed by atoms with Gasteiger partial charge in [0.1, 0.15) is 0 Å². The van der Waals surface area contributed by atoms with Crippen LogP contribution in [0.15, 0.2) is 18.2 Å². The van der Waals surface area contributed by atoms with Crippen LogP contribution in [0.1, 0.15) is 36.7 Å². The van der Waals surface area contributed by atoms with Gasteiger partial charge in [0, 0.05) is 37.3 Å². The third kappa shape index (κ3) is 3.56. The molecule has 8 heteroatoms. The Morgan fingerprint density at radius 3 is 2.79 bits per heavy atom. The first-order chi connectivity index (χ1) is 13.6. The number of nitrogens with one attached hydrogen (secondary N) is 3. The molecule has 3 N–H and O–H groups in total. The van der Waals surface area contributed by atoms with E-state index >= 15 is 0 Å². The Bertz CT molecular complexity index is 871. The lowest BCUT2D eigenvalue weighted by Crippen LogP contribution is -2.57. The molecule has 1 aromatic heterocycles. The Morgan fingerprint density at radius 1 is 1.32 bits per heavy atom. The number of fused-ring (bicyclic) bond motifs is 4. The fourth-order valence-electron chi connectivity index (χ4n) is 4.36. The van der Waals surface area contributed by atoms with Gasteiger partial charge in [-0.15, -0.1) is 0 Å². The maximum atomic E-state index is 13.1. The molecule has 0 radical (unpaired) electrons. The molecule has 1 atom stereocenters. The van der Waals surface area contributed by atoms with Gasteiger partial charge in [-0.2, -0.15) is 5.10 Å². The molecule has 3 saturated heterocycles. The van der Waals surface area contributed by atoms with E-state index in [1.807, 2.05) is 24.9 Å². The zero-order valence-corrected chi connectivity index (χ0v) is 16.5. The molecule has 4 heterocycles. The van der Waals surface area contributed by atoms with E-state index < -0.39 is 0 Å². The maximum Gasteiger partial charge on any atom is 0.319 e. The molecular weight excluding hydrogens is 356 g/mol. The number of carbonyl (C=O) groups excluding carboxylic acids is 2. The topological polar surface area (TPSA) is 93.4 Å². The molecule has 3 aliphatic heterocycles. The van der Waals surface area contributed by atoms with E-state index in [0.29, 0.717) is 23.8 Å². The van der Waals surface area contributed by atoms with Crippen LogP contribution in [0.3, 0.4) is 0 Å². The van der Waals surface area contributed by atoms with Crippen molar-refractivity contribution < 1.29 is 9.59 Å². The van der Waals surface area contributed by atoms with Gasteiger partial charge in [-0.3, -0.25) is 9.89 Å². The van der Waals surface area contributed by atoms with Gasteiger partial charge in [0.25, 0.3) is 5.91 Å². The van der Waals surface area contributed by atoms with E-state index in [-0.39, 0.29) is 18.0 Å². The van der Waals surface area contributed by atoms with Crippen LogP contribution in [0, 0.1) is 5.92 Å². The van der Waals surface area contributed by atoms with Gasteiger partial charge in [0.15, 0.2) is 5.69 Å². The van der Waals surface area contributed by atoms with Crippen molar-refractivity contribution in [2.24, 2.45) is 5.92 Å². The first-order valence-electron chi connectivity index (χ1n) is 10.1. The van der Waals surface area contributed by atoms with Crippen molar-refractivity contribution in [2.45, 2.75) is 32.2 Å². The van der Waals surface area contributed by atoms with Crippen LogP contribution in [0.2, 0.25) is 0 Å². The molecule has 3 amide bonds. The monoisotopic (exact) mass is 384 g/mol. The maximum absolute atomic E-state index is 13.1. The molecule has 3 fully saturated rings. The van der Waals surface area contributed by atoms with Crippen molar-refractivity contribution in [1.82, 2.24) is 25.3 Å². The number of nitrogens with zero attached hydrogens (tertiary/aromatic N) is 3. The number of aromatic amines is 1. The number of H-pyrrole nitrogens is 1. The summed E-state index contributed by atoms with van der Waals surface area (Å²) in [5, 5.41) is 13.6. The smallest absolute Gasteiger partial charge is 0.319 e. The molecule has 3 aliphatic rings. The average molecular weight is 384 g/mol. The lowest BCUT2D eigenvalue weighted by atomic mass is 9.83. The number of aromatic nitrogens is 2. The molecular formula is C20H28N6O2. The highest BCUT2D eigenvalue weighted by Crippen LogP contribution is 2.31. The minimum absolute atomic E-state index is 0.0496. The number of likely N-dealkylation sites (N-methyl/N-ethyl adjacent to an activating group) is 1. The lowest BCUT2D eigenvalue weighted by molar-refractivity contribution is 0.0160. The summed E-state index contributed by atoms with van der Waals surface area (Å²) in [7, 11) is 1.89. The summed E-state index contributed by atoms with van der Waals surface area (Å²) in [5.41, 5.74) is 1.84. The number of urea groups is 1. The van der Waals surface area contributed by atoms with Gasteiger partial charge >= 0.3 is 6.03 Å². The zero-order chi connectivity index (χ0) is 19.7. The highest BCUT2D eigenvalue weighted by atomic mass is 16.2. The van der Waals surface area contributed by atoms with Gasteiger partial charge < -0.3 is 20.4 Å². The van der Waals surface area contributed by atoms with Gasteiger partial charge in [0.2, 0.25) is 0 Å². The summed E-state index contributed by atoms with van der Waals surface area (Å²) in [4.78, 5) is 29.3. The van der Waals surface area contributed by atoms with Gasteiger partial charge in [0.05, 0.1) is 5.52 Å². The molecule has 8 nitrogen and oxygen atoms in total. The van der Waals surface area contributed by atoms with Crippen LogP contribution in [0.4, 0.5) is 10.5 Å². The number of anilines is 1. The van der Waals surface area contributed by atoms with Crippen molar-refractivity contribution in [3.8, 4) is 0 Å². The Hall–Kier alpha value is -2.61. The summed E-state index contributed by atoms with van der Waals surface area (Å²) in [6, 6.07) is 5.46. The summed E-state index contributed by atoms with van der Waals surface area (Å²) >= 11 is 0. The summed E-state index contributed by atoms with van der Waals surface area (Å²) in [5.74, 6) is 0.535. The van der Waals surface area contributed by atoms with Gasteiger partial charge in [-0.25, -0.2) is 4.79 Å². The molecule has 150 valence electrons. The van der Waals surface area contributed by atoms with E-state index in [9.17, 15) is 9.59 Å². The Labute approximate surface area is 164 Å². The molecule has 1 aromatic carbocycles. The predicted molar refractivity (Wildman–Crippen MR) is 108 cm³/mol. The normalized spacial score (nSPS) is 23.6. The van der Waals surface area contributed by atoms with Crippen LogP contribution in [-0.4, -0.2) is 71.2 Å². The van der Waals surface area contributed by atoms with Crippen LogP contribution in [-0.2, 0) is 0 Å². The number of hydrogen-bond donors (Lipinski definition) is 3. The third-order valence-electron chi connectivity index (χ3n) is 6.00. The fourth-order valence-corrected chi connectivity index (χ4v) is 4.36. The molecule has 0 unspecified atom stereocenters. The van der Waals surface area contributed by atoms with Crippen LogP contribution >= 0.6 is 0 Å². The first-order valence-corrected chi connectivity index (χ1v) is 10.1. The predicted octanol–water partition coefficient (Wildman–Crippen LogP) is 2.26. The Kier molecular flexibility index (Phi) is 5.21. The number of carbonyl (C=O) groups is 2. The van der Waals surface area contributed by atoms with Crippen LogP contribution in [0.5, 0.6) is 0 Å². The number of hydrogen-bond acceptors (Lipinski definition) is 4. The second kappa shape index (κ2) is 7.79. The van der Waals surface area contributed by atoms with E-state index in [1.54, 1.807) is 12.1 Å². The number of piperidine rings is 3. The molecule has 2 bridgehead atoms. The largest absolute Gasteiger partial charge is 0.338 e. The third-order valence-corrected chi connectivity index (χ3v) is 6.00. The van der Waals surface area contributed by atoms with E-state index in [1.165, 1.54) is 12.8 Å². The summed E-state index contributed by atoms with van der Waals surface area (Å²) in [6.45, 7) is 5.88. The highest BCUT2D eigenvalue weighted by Gasteiger charge is 2.38. The van der Waals surface area contributed by atoms with Crippen LogP contribution < -0.4 is 10.6 Å². The molecule has 2 aromatic rings. The Balaban J connectivity index is 1.49. The van der Waals surface area contributed by atoms with Crippen molar-refractivity contribution in [2.75, 3.05) is 38.5 Å². The molecule has 0 spiro atoms. The van der Waals surface area contributed by atoms with E-state index in [2.05, 4.69) is 25.7 Å². The standard InChI is InChI=1S/C20H28N6O2/c1-3-8-21-20(28)22-14-4-5-15-16(11-14)23-24-18(15)19(27)25(2)17-12-26-9-6-13(17)7-10-26/h4-5,11,13,17H,3,6-10,12H2,1-2H3,(H,23,24)(H2,21,22,28)/t17-/m1/s1. The van der Waals surface area contributed by atoms with E-state index in [0.717, 1.165) is 37.0 Å². The quantitative estimate of drug-likeness (QED) is 0.737. The highest BCUT2D eigenvalue weighted by molar-refractivity contribution is 6.05. The Morgan fingerprint density at radius 2 is 2.11 bits per heavy atom. The molecule has 5 rings (SSSR count). The second-order valence-corrected chi connectivity index (χ2v) is 7.83. The molecule has 0 aliphatic carbocycles. The SMILES string of the molecule is CCCNC(=O)Nc1ccc2c(C(=O)N(C)[C@@H]3CN4CCC3CC4)n[nH]c2c1. The lowest BCUT2D eigenvalue weighted by Gasteiger charge is -2.47. The number of amides is 3. The average Bonchev–Trinajstić information content (AvgIpc) is 3.15. The fraction of sp³-hybridized carbons (Fsp3) is 0.550. The van der Waals surface area contributed by atoms with E-state index in [4.69, 9.17) is 0 Å². The minimum Gasteiger partial charge on any atom is -0.338 e. The molecule has 28 heavy (non-hydrogen) atoms. The summed E-state index contributed by atoms with van der Waals surface area (Å²) in [6.07, 6.45) is 3.21. The van der Waals surface area contributed by atoms with Gasteiger partial charge in [-0.1, -0.05) is 6.92 Å². The van der Waals surface area contributed by atoms with Crippen molar-refractivity contribution >= 4 is 28.5 Å². The van der Waals surface area contributed by atoms with Crippen molar-refractivity contribution in [3.63, 3.8) is 0 Å².